The Kier molecular flexibility index (Phi) is 4.95. The van der Waals surface area contributed by atoms with Crippen molar-refractivity contribution in [3.8, 4) is 5.69 Å². The predicted molar refractivity (Wildman–Crippen MR) is 90.5 cm³/mol. The Morgan fingerprint density at radius 3 is 2.78 bits per heavy atom. The molecule has 3 rings (SSSR count). The SMILES string of the molecule is CC(C)[C@@H]1CN(C(=O)Cc2ccc(-n3cnnn3)cc2)CCS1. The van der Waals surface area contributed by atoms with Gasteiger partial charge in [0.25, 0.3) is 0 Å². The number of benzene rings is 1. The van der Waals surface area contributed by atoms with E-state index in [0.29, 0.717) is 17.6 Å². The molecular weight excluding hydrogens is 310 g/mol. The number of aromatic nitrogens is 4. The van der Waals surface area contributed by atoms with Crippen molar-refractivity contribution in [2.75, 3.05) is 18.8 Å². The van der Waals surface area contributed by atoms with Crippen LogP contribution < -0.4 is 0 Å². The maximum atomic E-state index is 12.5. The van der Waals surface area contributed by atoms with E-state index in [2.05, 4.69) is 29.4 Å². The maximum absolute atomic E-state index is 12.5. The van der Waals surface area contributed by atoms with Gasteiger partial charge in [-0.15, -0.1) is 5.10 Å². The molecule has 0 radical (unpaired) electrons. The zero-order chi connectivity index (χ0) is 16.2. The first-order valence-corrected chi connectivity index (χ1v) is 8.90. The van der Waals surface area contributed by atoms with E-state index in [1.165, 1.54) is 0 Å². The quantitative estimate of drug-likeness (QED) is 0.855. The Balaban J connectivity index is 1.61. The molecule has 2 aromatic rings. The van der Waals surface area contributed by atoms with Crippen LogP contribution in [-0.2, 0) is 11.2 Å². The van der Waals surface area contributed by atoms with Crippen molar-refractivity contribution in [1.82, 2.24) is 25.1 Å². The lowest BCUT2D eigenvalue weighted by Gasteiger charge is -2.34. The maximum Gasteiger partial charge on any atom is 0.227 e. The molecule has 0 spiro atoms. The smallest absolute Gasteiger partial charge is 0.227 e. The van der Waals surface area contributed by atoms with Crippen molar-refractivity contribution in [1.29, 1.82) is 0 Å². The number of carbonyl (C=O) groups excluding carboxylic acids is 1. The van der Waals surface area contributed by atoms with Crippen LogP contribution in [0.25, 0.3) is 5.69 Å². The second-order valence-electron chi connectivity index (χ2n) is 6.09. The predicted octanol–water partition coefficient (Wildman–Crippen LogP) is 1.80. The van der Waals surface area contributed by atoms with Gasteiger partial charge in [-0.05, 0) is 34.0 Å². The van der Waals surface area contributed by atoms with Crippen LogP contribution in [0.4, 0.5) is 0 Å². The highest BCUT2D eigenvalue weighted by atomic mass is 32.2. The van der Waals surface area contributed by atoms with Crippen LogP contribution in [0.1, 0.15) is 19.4 Å². The highest BCUT2D eigenvalue weighted by molar-refractivity contribution is 8.00. The molecule has 1 amide bonds. The zero-order valence-corrected chi connectivity index (χ0v) is 14.2. The highest BCUT2D eigenvalue weighted by Gasteiger charge is 2.25. The third-order valence-electron chi connectivity index (χ3n) is 4.09. The van der Waals surface area contributed by atoms with Crippen molar-refractivity contribution < 1.29 is 4.79 Å². The van der Waals surface area contributed by atoms with Crippen molar-refractivity contribution in [2.24, 2.45) is 5.92 Å². The monoisotopic (exact) mass is 331 g/mol. The van der Waals surface area contributed by atoms with Gasteiger partial charge < -0.3 is 4.90 Å². The van der Waals surface area contributed by atoms with Gasteiger partial charge in [0.2, 0.25) is 5.91 Å². The minimum atomic E-state index is 0.214. The molecule has 1 aromatic heterocycles. The standard InChI is InChI=1S/C16H21N5OS/c1-12(2)15-10-20(7-8-23-15)16(22)9-13-3-5-14(6-4-13)21-11-17-18-19-21/h3-6,11-12,15H,7-10H2,1-2H3/t15-/m0/s1. The van der Waals surface area contributed by atoms with Gasteiger partial charge >= 0.3 is 0 Å². The first-order chi connectivity index (χ1) is 11.1. The van der Waals surface area contributed by atoms with Crippen molar-refractivity contribution >= 4 is 17.7 Å². The Hall–Kier alpha value is -1.89. The number of nitrogens with zero attached hydrogens (tertiary/aromatic N) is 5. The minimum absolute atomic E-state index is 0.214. The zero-order valence-electron chi connectivity index (χ0n) is 13.4. The number of thioether (sulfide) groups is 1. The van der Waals surface area contributed by atoms with Crippen LogP contribution in [0.3, 0.4) is 0 Å². The molecule has 2 heterocycles. The normalized spacial score (nSPS) is 18.4. The van der Waals surface area contributed by atoms with Gasteiger partial charge in [-0.1, -0.05) is 26.0 Å². The number of amides is 1. The summed E-state index contributed by atoms with van der Waals surface area (Å²) in [6.07, 6.45) is 2.00. The van der Waals surface area contributed by atoms with E-state index in [9.17, 15) is 4.79 Å². The molecule has 0 aliphatic carbocycles. The molecule has 6 nitrogen and oxygen atoms in total. The van der Waals surface area contributed by atoms with E-state index >= 15 is 0 Å². The molecule has 1 aromatic carbocycles. The number of carbonyl (C=O) groups is 1. The largest absolute Gasteiger partial charge is 0.340 e. The number of hydrogen-bond acceptors (Lipinski definition) is 5. The van der Waals surface area contributed by atoms with Gasteiger partial charge in [0, 0.05) is 24.1 Å². The van der Waals surface area contributed by atoms with Gasteiger partial charge in [-0.2, -0.15) is 11.8 Å². The van der Waals surface area contributed by atoms with E-state index < -0.39 is 0 Å². The molecule has 1 saturated heterocycles. The van der Waals surface area contributed by atoms with Crippen LogP contribution in [0.5, 0.6) is 0 Å². The summed E-state index contributed by atoms with van der Waals surface area (Å²) in [5.74, 6) is 1.85. The van der Waals surface area contributed by atoms with Crippen molar-refractivity contribution in [2.45, 2.75) is 25.5 Å². The summed E-state index contributed by atoms with van der Waals surface area (Å²) in [6, 6.07) is 7.80. The second-order valence-corrected chi connectivity index (χ2v) is 7.44. The fourth-order valence-electron chi connectivity index (χ4n) is 2.64. The summed E-state index contributed by atoms with van der Waals surface area (Å²) in [4.78, 5) is 14.5. The van der Waals surface area contributed by atoms with Crippen LogP contribution in [-0.4, -0.2) is 55.1 Å². The molecule has 23 heavy (non-hydrogen) atoms. The average molecular weight is 331 g/mol. The van der Waals surface area contributed by atoms with E-state index in [1.807, 2.05) is 40.9 Å². The van der Waals surface area contributed by atoms with Gasteiger partial charge in [0.1, 0.15) is 6.33 Å². The van der Waals surface area contributed by atoms with Gasteiger partial charge in [-0.3, -0.25) is 4.79 Å². The van der Waals surface area contributed by atoms with Crippen LogP contribution in [0.2, 0.25) is 0 Å². The lowest BCUT2D eigenvalue weighted by molar-refractivity contribution is -0.130. The Morgan fingerprint density at radius 1 is 1.35 bits per heavy atom. The molecule has 1 aliphatic heterocycles. The molecule has 122 valence electrons. The fraction of sp³-hybridized carbons (Fsp3) is 0.500. The second kappa shape index (κ2) is 7.12. The lowest BCUT2D eigenvalue weighted by atomic mass is 10.1. The molecule has 0 unspecified atom stereocenters. The summed E-state index contributed by atoms with van der Waals surface area (Å²) >= 11 is 1.98. The van der Waals surface area contributed by atoms with Gasteiger partial charge in [0.15, 0.2) is 0 Å². The molecule has 1 fully saturated rings. The van der Waals surface area contributed by atoms with E-state index in [-0.39, 0.29) is 5.91 Å². The fourth-order valence-corrected chi connectivity index (χ4v) is 3.94. The molecule has 0 N–H and O–H groups in total. The summed E-state index contributed by atoms with van der Waals surface area (Å²) in [5.41, 5.74) is 1.91. The first kappa shape index (κ1) is 16.0. The van der Waals surface area contributed by atoms with E-state index in [1.54, 1.807) is 11.0 Å². The summed E-state index contributed by atoms with van der Waals surface area (Å²) < 4.78 is 1.60. The number of rotatable bonds is 4. The van der Waals surface area contributed by atoms with E-state index in [4.69, 9.17) is 0 Å². The molecule has 1 aliphatic rings. The van der Waals surface area contributed by atoms with E-state index in [0.717, 1.165) is 30.1 Å². The molecule has 0 bridgehead atoms. The average Bonchev–Trinajstić information content (AvgIpc) is 3.10. The molecule has 7 heteroatoms. The minimum Gasteiger partial charge on any atom is -0.340 e. The van der Waals surface area contributed by atoms with Gasteiger partial charge in [0.05, 0.1) is 12.1 Å². The number of tetrazole rings is 1. The topological polar surface area (TPSA) is 63.9 Å². The van der Waals surface area contributed by atoms with Crippen LogP contribution in [0, 0.1) is 5.92 Å². The Bertz CT molecular complexity index is 641. The van der Waals surface area contributed by atoms with Gasteiger partial charge in [-0.25, -0.2) is 4.68 Å². The highest BCUT2D eigenvalue weighted by Crippen LogP contribution is 2.25. The Morgan fingerprint density at radius 2 is 2.13 bits per heavy atom. The molecule has 0 saturated carbocycles. The molecule has 1 atom stereocenters. The third-order valence-corrected chi connectivity index (χ3v) is 5.63. The third kappa shape index (κ3) is 3.90. The Labute approximate surface area is 140 Å². The molecular formula is C16H21N5OS. The summed E-state index contributed by atoms with van der Waals surface area (Å²) in [5, 5.41) is 11.6. The van der Waals surface area contributed by atoms with Crippen LogP contribution >= 0.6 is 11.8 Å². The number of hydrogen-bond donors (Lipinski definition) is 0. The summed E-state index contributed by atoms with van der Waals surface area (Å²) in [6.45, 7) is 6.17. The summed E-state index contributed by atoms with van der Waals surface area (Å²) in [7, 11) is 0. The van der Waals surface area contributed by atoms with Crippen molar-refractivity contribution in [3.05, 3.63) is 36.2 Å². The first-order valence-electron chi connectivity index (χ1n) is 7.85. The van der Waals surface area contributed by atoms with Crippen molar-refractivity contribution in [3.63, 3.8) is 0 Å². The lowest BCUT2D eigenvalue weighted by Crippen LogP contribution is -2.44. The van der Waals surface area contributed by atoms with Crippen LogP contribution in [0.15, 0.2) is 30.6 Å².